The molecule has 1 fully saturated rings. The van der Waals surface area contributed by atoms with E-state index in [2.05, 4.69) is 21.5 Å². The molecule has 10 heteroatoms. The minimum atomic E-state index is -0.749. The molecule has 0 aliphatic heterocycles. The number of aromatic nitrogens is 1. The largest absolute Gasteiger partial charge is 0.481 e. The van der Waals surface area contributed by atoms with E-state index in [1.807, 2.05) is 42.5 Å². The smallest absolute Gasteiger partial charge is 0.412 e. The maximum atomic E-state index is 12.4. The van der Waals surface area contributed by atoms with Gasteiger partial charge in [-0.3, -0.25) is 10.1 Å². The van der Waals surface area contributed by atoms with E-state index in [1.165, 1.54) is 22.7 Å². The standard InChI is InChI=1S/C24H19N3O4S3/c1-13(14-5-3-2-4-6-14)31-23(30)26-19-17(34-27-20(19)25)8-7-16-11-15-12-18(33-21(15)32-16)24(9-10-24)22(28)29/h2-6,11-13H,9-10H2,1H3,(H2,25,27)(H,26,30)(H,28,29). The van der Waals surface area contributed by atoms with Crippen molar-refractivity contribution in [2.75, 3.05) is 11.1 Å². The second-order valence-electron chi connectivity index (χ2n) is 7.96. The number of anilines is 2. The van der Waals surface area contributed by atoms with Crippen LogP contribution in [0.2, 0.25) is 0 Å². The highest BCUT2D eigenvalue weighted by Gasteiger charge is 2.53. The highest BCUT2D eigenvalue weighted by Crippen LogP contribution is 2.52. The van der Waals surface area contributed by atoms with E-state index in [1.54, 1.807) is 6.92 Å². The number of amides is 1. The van der Waals surface area contributed by atoms with Gasteiger partial charge >= 0.3 is 12.1 Å². The lowest BCUT2D eigenvalue weighted by molar-refractivity contribution is -0.139. The molecule has 1 aromatic carbocycles. The van der Waals surface area contributed by atoms with Gasteiger partial charge in [-0.2, -0.15) is 4.37 Å². The lowest BCUT2D eigenvalue weighted by atomic mass is 10.1. The van der Waals surface area contributed by atoms with Crippen molar-refractivity contribution in [2.24, 2.45) is 0 Å². The Bertz CT molecular complexity index is 1420. The molecule has 1 aliphatic carbocycles. The predicted molar refractivity (Wildman–Crippen MR) is 136 cm³/mol. The third-order valence-electron chi connectivity index (χ3n) is 5.64. The molecule has 4 aromatic rings. The summed E-state index contributed by atoms with van der Waals surface area (Å²) < 4.78 is 10.6. The number of benzene rings is 1. The van der Waals surface area contributed by atoms with Crippen molar-refractivity contribution in [3.63, 3.8) is 0 Å². The Morgan fingerprint density at radius 1 is 1.21 bits per heavy atom. The van der Waals surface area contributed by atoms with Crippen molar-refractivity contribution in [1.82, 2.24) is 4.37 Å². The Hall–Kier alpha value is -3.39. The van der Waals surface area contributed by atoms with Crippen LogP contribution in [0.3, 0.4) is 0 Å². The number of carbonyl (C=O) groups is 2. The average molecular weight is 510 g/mol. The van der Waals surface area contributed by atoms with E-state index in [9.17, 15) is 14.7 Å². The van der Waals surface area contributed by atoms with Crippen LogP contribution in [0, 0.1) is 11.8 Å². The molecule has 1 saturated carbocycles. The summed E-state index contributed by atoms with van der Waals surface area (Å²) in [4.78, 5) is 26.3. The van der Waals surface area contributed by atoms with Gasteiger partial charge in [0.1, 0.15) is 22.1 Å². The van der Waals surface area contributed by atoms with Gasteiger partial charge < -0.3 is 15.6 Å². The van der Waals surface area contributed by atoms with Crippen molar-refractivity contribution >= 4 is 67.2 Å². The van der Waals surface area contributed by atoms with Crippen LogP contribution in [0.4, 0.5) is 16.3 Å². The molecule has 0 radical (unpaired) electrons. The molecule has 0 bridgehead atoms. The molecule has 3 heterocycles. The third-order valence-corrected chi connectivity index (χ3v) is 8.93. The maximum Gasteiger partial charge on any atom is 0.412 e. The maximum absolute atomic E-state index is 12.4. The molecular weight excluding hydrogens is 490 g/mol. The number of fused-ring (bicyclic) bond motifs is 1. The number of carbonyl (C=O) groups excluding carboxylic acids is 1. The number of nitrogens with zero attached hydrogens (tertiary/aromatic N) is 1. The van der Waals surface area contributed by atoms with Crippen LogP contribution in [-0.4, -0.2) is 21.5 Å². The van der Waals surface area contributed by atoms with Crippen LogP contribution in [-0.2, 0) is 14.9 Å². The van der Waals surface area contributed by atoms with E-state index in [0.717, 1.165) is 36.3 Å². The zero-order chi connectivity index (χ0) is 23.9. The SMILES string of the molecule is CC(OC(=O)Nc1c(N)nsc1C#Cc1cc2cc(C3(C(=O)O)CC3)sc2s1)c1ccccc1. The number of carboxylic acids is 1. The molecule has 7 nitrogen and oxygen atoms in total. The van der Waals surface area contributed by atoms with Crippen LogP contribution in [0.15, 0.2) is 42.5 Å². The van der Waals surface area contributed by atoms with Crippen molar-refractivity contribution in [1.29, 1.82) is 0 Å². The molecule has 3 aromatic heterocycles. The summed E-state index contributed by atoms with van der Waals surface area (Å²) in [7, 11) is 0. The molecule has 0 spiro atoms. The number of hydrogen-bond donors (Lipinski definition) is 3. The minimum absolute atomic E-state index is 0.179. The Morgan fingerprint density at radius 3 is 2.65 bits per heavy atom. The number of ether oxygens (including phenoxy) is 1. The summed E-state index contributed by atoms with van der Waals surface area (Å²) in [6, 6.07) is 13.4. The number of carboxylic acid groups (broad SMARTS) is 1. The van der Waals surface area contributed by atoms with Gasteiger partial charge in [-0.1, -0.05) is 30.3 Å². The summed E-state index contributed by atoms with van der Waals surface area (Å²) >= 11 is 4.14. The molecule has 1 atom stereocenters. The number of aliphatic carboxylic acids is 1. The lowest BCUT2D eigenvalue weighted by Crippen LogP contribution is -2.17. The van der Waals surface area contributed by atoms with E-state index >= 15 is 0 Å². The van der Waals surface area contributed by atoms with E-state index in [-0.39, 0.29) is 5.82 Å². The van der Waals surface area contributed by atoms with Gasteiger partial charge in [-0.25, -0.2) is 4.79 Å². The van der Waals surface area contributed by atoms with Gasteiger partial charge in [0, 0.05) is 10.3 Å². The fourth-order valence-corrected chi connectivity index (χ4v) is 6.70. The van der Waals surface area contributed by atoms with Crippen LogP contribution in [0.25, 0.3) is 9.40 Å². The molecule has 1 unspecified atom stereocenters. The van der Waals surface area contributed by atoms with Gasteiger partial charge in [0.25, 0.3) is 0 Å². The highest BCUT2D eigenvalue weighted by atomic mass is 32.2. The Kier molecular flexibility index (Phi) is 5.77. The molecule has 5 rings (SSSR count). The Labute approximate surface area is 207 Å². The van der Waals surface area contributed by atoms with Crippen molar-refractivity contribution in [2.45, 2.75) is 31.3 Å². The molecule has 1 amide bonds. The fourth-order valence-electron chi connectivity index (χ4n) is 3.54. The van der Waals surface area contributed by atoms with E-state index in [0.29, 0.717) is 23.4 Å². The van der Waals surface area contributed by atoms with Gasteiger partial charge in [0.2, 0.25) is 0 Å². The Balaban J connectivity index is 1.30. The van der Waals surface area contributed by atoms with Crippen molar-refractivity contribution < 1.29 is 19.4 Å². The number of rotatable bonds is 5. The number of nitrogen functional groups attached to an aromatic ring is 1. The Morgan fingerprint density at radius 2 is 1.97 bits per heavy atom. The quantitative estimate of drug-likeness (QED) is 0.292. The second kappa shape index (κ2) is 8.76. The first kappa shape index (κ1) is 22.4. The normalized spacial score (nSPS) is 14.7. The van der Waals surface area contributed by atoms with E-state index < -0.39 is 23.6 Å². The van der Waals surface area contributed by atoms with Gasteiger partial charge in [-0.15, -0.1) is 22.7 Å². The lowest BCUT2D eigenvalue weighted by Gasteiger charge is -2.14. The van der Waals surface area contributed by atoms with Gasteiger partial charge in [0.05, 0.1) is 8.89 Å². The molecule has 172 valence electrons. The second-order valence-corrected chi connectivity index (χ2v) is 11.1. The number of nitrogens with one attached hydrogen (secondary N) is 1. The van der Waals surface area contributed by atoms with Crippen molar-refractivity contribution in [3.05, 3.63) is 62.7 Å². The number of hydrogen-bond acceptors (Lipinski definition) is 8. The zero-order valence-electron chi connectivity index (χ0n) is 18.0. The first-order valence-corrected chi connectivity index (χ1v) is 12.8. The summed E-state index contributed by atoms with van der Waals surface area (Å²) in [5.41, 5.74) is 6.47. The van der Waals surface area contributed by atoms with Crippen LogP contribution in [0.5, 0.6) is 0 Å². The van der Waals surface area contributed by atoms with Crippen LogP contribution < -0.4 is 11.1 Å². The summed E-state index contributed by atoms with van der Waals surface area (Å²) in [5.74, 6) is 5.58. The van der Waals surface area contributed by atoms with Crippen LogP contribution >= 0.6 is 34.2 Å². The van der Waals surface area contributed by atoms with Crippen molar-refractivity contribution in [3.8, 4) is 11.8 Å². The van der Waals surface area contributed by atoms with E-state index in [4.69, 9.17) is 10.5 Å². The molecule has 34 heavy (non-hydrogen) atoms. The highest BCUT2D eigenvalue weighted by molar-refractivity contribution is 7.38. The zero-order valence-corrected chi connectivity index (χ0v) is 20.4. The predicted octanol–water partition coefficient (Wildman–Crippen LogP) is 5.83. The minimum Gasteiger partial charge on any atom is -0.481 e. The molecule has 4 N–H and O–H groups in total. The summed E-state index contributed by atoms with van der Waals surface area (Å²) in [6.45, 7) is 1.79. The number of nitrogens with two attached hydrogens (primary N) is 1. The van der Waals surface area contributed by atoms with Gasteiger partial charge in [-0.05, 0) is 60.8 Å². The average Bonchev–Trinajstić information content (AvgIpc) is 3.26. The first-order chi connectivity index (χ1) is 16.4. The topological polar surface area (TPSA) is 115 Å². The summed E-state index contributed by atoms with van der Waals surface area (Å²) in [5, 5.41) is 13.2. The number of thiophene rings is 2. The summed E-state index contributed by atoms with van der Waals surface area (Å²) in [6.07, 6.45) is 0.321. The third kappa shape index (κ3) is 4.25. The van der Waals surface area contributed by atoms with Gasteiger partial charge in [0.15, 0.2) is 5.82 Å². The van der Waals surface area contributed by atoms with Crippen LogP contribution in [0.1, 0.15) is 46.1 Å². The first-order valence-electron chi connectivity index (χ1n) is 10.4. The molecule has 0 saturated heterocycles. The monoisotopic (exact) mass is 509 g/mol. The molecular formula is C24H19N3O4S3. The fraction of sp³-hybridized carbons (Fsp3) is 0.208. The molecule has 1 aliphatic rings.